The van der Waals surface area contributed by atoms with Gasteiger partial charge in [-0.1, -0.05) is 24.3 Å². The van der Waals surface area contributed by atoms with Gasteiger partial charge >= 0.3 is 0 Å². The maximum Gasteiger partial charge on any atom is 0.251 e. The molecule has 1 heterocycles. The van der Waals surface area contributed by atoms with Crippen LogP contribution in [0.1, 0.15) is 16.8 Å². The lowest BCUT2D eigenvalue weighted by Gasteiger charge is -2.30. The molecule has 0 saturated carbocycles. The molecular formula is C21H21FN2O5S. The van der Waals surface area contributed by atoms with Crippen LogP contribution in [-0.4, -0.2) is 62.1 Å². The highest BCUT2D eigenvalue weighted by atomic mass is 32.2. The minimum absolute atomic E-state index is 0.0404. The number of aldehydes is 1. The first-order valence-corrected chi connectivity index (χ1v) is 11.2. The molecular weight excluding hydrogens is 411 g/mol. The third-order valence-electron chi connectivity index (χ3n) is 4.92. The normalized spacial score (nSPS) is 16.5. The van der Waals surface area contributed by atoms with E-state index < -0.39 is 27.7 Å². The third-order valence-corrected chi connectivity index (χ3v) is 6.53. The van der Waals surface area contributed by atoms with E-state index in [1.165, 1.54) is 17.0 Å². The van der Waals surface area contributed by atoms with Crippen LogP contribution in [0, 0.1) is 5.82 Å². The first kappa shape index (κ1) is 21.6. The number of rotatable bonds is 6. The number of benzene rings is 2. The minimum Gasteiger partial charge on any atom is -0.340 e. The Morgan fingerprint density at radius 1 is 1.00 bits per heavy atom. The van der Waals surface area contributed by atoms with Crippen molar-refractivity contribution in [2.45, 2.75) is 12.5 Å². The molecule has 3 rings (SSSR count). The van der Waals surface area contributed by atoms with Crippen molar-refractivity contribution < 1.29 is 27.2 Å². The topological polar surface area (TPSA) is 101 Å². The van der Waals surface area contributed by atoms with Crippen molar-refractivity contribution in [2.75, 3.05) is 24.6 Å². The summed E-state index contributed by atoms with van der Waals surface area (Å²) in [5.74, 6) is -1.61. The molecule has 1 N–H and O–H groups in total. The van der Waals surface area contributed by atoms with Crippen LogP contribution >= 0.6 is 0 Å². The van der Waals surface area contributed by atoms with Crippen LogP contribution in [0.2, 0.25) is 0 Å². The second-order valence-corrected chi connectivity index (χ2v) is 9.29. The molecule has 1 atom stereocenters. The van der Waals surface area contributed by atoms with E-state index in [9.17, 15) is 27.2 Å². The number of sulfone groups is 1. The molecule has 1 fully saturated rings. The maximum absolute atomic E-state index is 13.1. The summed E-state index contributed by atoms with van der Waals surface area (Å²) in [7, 11) is -3.15. The Morgan fingerprint density at radius 3 is 2.07 bits per heavy atom. The summed E-state index contributed by atoms with van der Waals surface area (Å²) in [5, 5.41) is 2.56. The Morgan fingerprint density at radius 2 is 1.53 bits per heavy atom. The highest BCUT2D eigenvalue weighted by molar-refractivity contribution is 7.91. The van der Waals surface area contributed by atoms with Crippen LogP contribution in [0.3, 0.4) is 0 Å². The molecule has 2 amide bonds. The van der Waals surface area contributed by atoms with Gasteiger partial charge < -0.3 is 15.0 Å². The zero-order valence-electron chi connectivity index (χ0n) is 16.1. The number of carbonyl (C=O) groups excluding carboxylic acids is 3. The number of carbonyl (C=O) groups is 3. The Kier molecular flexibility index (Phi) is 6.61. The summed E-state index contributed by atoms with van der Waals surface area (Å²) in [4.78, 5) is 37.6. The Balaban J connectivity index is 1.68. The molecule has 1 aliphatic heterocycles. The summed E-state index contributed by atoms with van der Waals surface area (Å²) in [6.45, 7) is 0.0809. The molecule has 158 valence electrons. The molecule has 2 aromatic carbocycles. The van der Waals surface area contributed by atoms with E-state index in [0.717, 1.165) is 11.1 Å². The zero-order valence-corrected chi connectivity index (χ0v) is 16.9. The highest BCUT2D eigenvalue weighted by Gasteiger charge is 2.30. The van der Waals surface area contributed by atoms with E-state index in [4.69, 9.17) is 0 Å². The molecule has 0 bridgehead atoms. The second kappa shape index (κ2) is 9.17. The molecule has 2 aromatic rings. The van der Waals surface area contributed by atoms with Crippen molar-refractivity contribution in [1.29, 1.82) is 0 Å². The first-order valence-electron chi connectivity index (χ1n) is 9.39. The van der Waals surface area contributed by atoms with Crippen molar-refractivity contribution in [3.05, 3.63) is 59.9 Å². The number of hydrogen-bond donors (Lipinski definition) is 1. The smallest absolute Gasteiger partial charge is 0.251 e. The van der Waals surface area contributed by atoms with Crippen LogP contribution in [0.15, 0.2) is 48.5 Å². The minimum atomic E-state index is -3.15. The summed E-state index contributed by atoms with van der Waals surface area (Å²) in [5.41, 5.74) is 1.88. The van der Waals surface area contributed by atoms with E-state index in [0.29, 0.717) is 11.8 Å². The third kappa shape index (κ3) is 5.29. The summed E-state index contributed by atoms with van der Waals surface area (Å²) >= 11 is 0. The van der Waals surface area contributed by atoms with Crippen molar-refractivity contribution in [3.63, 3.8) is 0 Å². The Labute approximate surface area is 173 Å². The van der Waals surface area contributed by atoms with Gasteiger partial charge in [0.15, 0.2) is 9.84 Å². The molecule has 0 radical (unpaired) electrons. The Hall–Kier alpha value is -3.07. The van der Waals surface area contributed by atoms with Crippen LogP contribution in [0.5, 0.6) is 0 Å². The number of hydrogen-bond acceptors (Lipinski definition) is 5. The fourth-order valence-corrected chi connectivity index (χ4v) is 4.37. The van der Waals surface area contributed by atoms with Crippen molar-refractivity contribution >= 4 is 27.9 Å². The lowest BCUT2D eigenvalue weighted by molar-refractivity contribution is -0.134. The fraction of sp³-hybridized carbons (Fsp3) is 0.286. The van der Waals surface area contributed by atoms with E-state index >= 15 is 0 Å². The zero-order chi connectivity index (χ0) is 21.7. The summed E-state index contributed by atoms with van der Waals surface area (Å²) < 4.78 is 36.1. The highest BCUT2D eigenvalue weighted by Crippen LogP contribution is 2.20. The number of amides is 2. The van der Waals surface area contributed by atoms with E-state index in [1.807, 2.05) is 0 Å². The van der Waals surface area contributed by atoms with Crippen LogP contribution in [-0.2, 0) is 19.4 Å². The number of nitrogens with one attached hydrogen (secondary N) is 1. The van der Waals surface area contributed by atoms with Crippen molar-refractivity contribution in [1.82, 2.24) is 10.2 Å². The summed E-state index contributed by atoms with van der Waals surface area (Å²) in [6.07, 6.45) is 0.336. The van der Waals surface area contributed by atoms with Gasteiger partial charge in [0.05, 0.1) is 11.5 Å². The molecule has 1 saturated heterocycles. The molecule has 0 aliphatic carbocycles. The molecule has 0 unspecified atom stereocenters. The lowest BCUT2D eigenvalue weighted by Crippen LogP contribution is -2.53. The monoisotopic (exact) mass is 432 g/mol. The lowest BCUT2D eigenvalue weighted by atomic mass is 10.0. The largest absolute Gasteiger partial charge is 0.340 e. The molecule has 1 aliphatic rings. The average Bonchev–Trinajstić information content (AvgIpc) is 2.73. The van der Waals surface area contributed by atoms with Gasteiger partial charge in [0.1, 0.15) is 18.1 Å². The predicted octanol–water partition coefficient (Wildman–Crippen LogP) is 1.44. The number of nitrogens with zero attached hydrogens (tertiary/aromatic N) is 1. The van der Waals surface area contributed by atoms with Gasteiger partial charge in [-0.2, -0.15) is 0 Å². The van der Waals surface area contributed by atoms with E-state index in [2.05, 4.69) is 5.32 Å². The van der Waals surface area contributed by atoms with E-state index in [1.54, 1.807) is 36.4 Å². The van der Waals surface area contributed by atoms with Gasteiger partial charge in [-0.3, -0.25) is 9.59 Å². The molecule has 7 nitrogen and oxygen atoms in total. The molecule has 30 heavy (non-hydrogen) atoms. The van der Waals surface area contributed by atoms with E-state index in [-0.39, 0.29) is 36.8 Å². The van der Waals surface area contributed by atoms with Gasteiger partial charge in [0.25, 0.3) is 5.91 Å². The van der Waals surface area contributed by atoms with Gasteiger partial charge in [-0.15, -0.1) is 0 Å². The van der Waals surface area contributed by atoms with Gasteiger partial charge in [0, 0.05) is 25.1 Å². The Bertz CT molecular complexity index is 1020. The standard InChI is InChI=1S/C21H21FN2O5S/c22-18-7-5-16(6-8-18)15-1-3-17(4-2-15)20(26)23-19(9-12-25)21(27)24-10-13-30(28,29)14-11-24/h1-8,12,19H,9-11,13-14H2,(H,23,26)/t19-/m0/s1. The number of halogens is 1. The average molecular weight is 432 g/mol. The maximum atomic E-state index is 13.1. The molecule has 9 heteroatoms. The first-order chi connectivity index (χ1) is 14.3. The molecule has 0 aromatic heterocycles. The second-order valence-electron chi connectivity index (χ2n) is 6.99. The van der Waals surface area contributed by atoms with Crippen molar-refractivity contribution in [2.24, 2.45) is 0 Å². The molecule has 0 spiro atoms. The summed E-state index contributed by atoms with van der Waals surface area (Å²) in [6, 6.07) is 11.4. The van der Waals surface area contributed by atoms with Crippen LogP contribution < -0.4 is 5.32 Å². The van der Waals surface area contributed by atoms with Gasteiger partial charge in [-0.05, 0) is 35.4 Å². The van der Waals surface area contributed by atoms with Gasteiger partial charge in [0.2, 0.25) is 5.91 Å². The quantitative estimate of drug-likeness (QED) is 0.696. The van der Waals surface area contributed by atoms with Crippen molar-refractivity contribution in [3.8, 4) is 11.1 Å². The predicted molar refractivity (Wildman–Crippen MR) is 109 cm³/mol. The van der Waals surface area contributed by atoms with Crippen LogP contribution in [0.25, 0.3) is 11.1 Å². The SMILES string of the molecule is O=CC[C@H](NC(=O)c1ccc(-c2ccc(F)cc2)cc1)C(=O)N1CCS(=O)(=O)CC1. The fourth-order valence-electron chi connectivity index (χ4n) is 3.17. The van der Waals surface area contributed by atoms with Gasteiger partial charge in [-0.25, -0.2) is 12.8 Å². The van der Waals surface area contributed by atoms with Crippen LogP contribution in [0.4, 0.5) is 4.39 Å².